The fourth-order valence-electron chi connectivity index (χ4n) is 1.17. The van der Waals surface area contributed by atoms with E-state index in [1.54, 1.807) is 11.3 Å². The van der Waals surface area contributed by atoms with Crippen LogP contribution >= 0.6 is 11.3 Å². The number of nitrogens with zero attached hydrogens (tertiary/aromatic N) is 1. The van der Waals surface area contributed by atoms with Gasteiger partial charge in [-0.25, -0.2) is 4.98 Å². The first-order valence-corrected chi connectivity index (χ1v) is 5.92. The molecule has 0 aliphatic rings. The van der Waals surface area contributed by atoms with E-state index in [1.165, 1.54) is 4.88 Å². The van der Waals surface area contributed by atoms with Gasteiger partial charge in [0.1, 0.15) is 0 Å². The van der Waals surface area contributed by atoms with Crippen molar-refractivity contribution in [2.24, 2.45) is 5.73 Å². The Morgan fingerprint density at radius 3 is 2.86 bits per heavy atom. The monoisotopic (exact) mass is 213 g/mol. The zero-order chi connectivity index (χ0) is 10.6. The molecule has 14 heavy (non-hydrogen) atoms. The van der Waals surface area contributed by atoms with E-state index in [0.29, 0.717) is 12.6 Å². The summed E-state index contributed by atoms with van der Waals surface area (Å²) in [6, 6.07) is 0.492. The average molecular weight is 213 g/mol. The van der Waals surface area contributed by atoms with Crippen molar-refractivity contribution in [2.75, 3.05) is 11.9 Å². The minimum atomic E-state index is 0.492. The van der Waals surface area contributed by atoms with Gasteiger partial charge in [0.2, 0.25) is 0 Å². The summed E-state index contributed by atoms with van der Waals surface area (Å²) in [5, 5.41) is 4.41. The van der Waals surface area contributed by atoms with Gasteiger partial charge >= 0.3 is 0 Å². The number of thiazole rings is 1. The molecule has 0 aliphatic carbocycles. The molecule has 1 atom stereocenters. The van der Waals surface area contributed by atoms with E-state index in [-0.39, 0.29) is 0 Å². The zero-order valence-electron chi connectivity index (χ0n) is 9.13. The maximum atomic E-state index is 5.52. The molecule has 1 aromatic heterocycles. The van der Waals surface area contributed by atoms with Crippen molar-refractivity contribution in [3.8, 4) is 0 Å². The minimum absolute atomic E-state index is 0.492. The molecule has 4 heteroatoms. The standard InChI is InChI=1S/C10H19N3S/c1-4-7(2)12-10-13-8(3)9(14-10)5-6-11/h7H,4-6,11H2,1-3H3,(H,12,13). The highest BCUT2D eigenvalue weighted by molar-refractivity contribution is 7.15. The van der Waals surface area contributed by atoms with Crippen molar-refractivity contribution in [3.05, 3.63) is 10.6 Å². The molecule has 1 unspecified atom stereocenters. The van der Waals surface area contributed by atoms with Crippen molar-refractivity contribution >= 4 is 16.5 Å². The van der Waals surface area contributed by atoms with Gasteiger partial charge in [0.25, 0.3) is 0 Å². The largest absolute Gasteiger partial charge is 0.359 e. The highest BCUT2D eigenvalue weighted by atomic mass is 32.1. The highest BCUT2D eigenvalue weighted by Gasteiger charge is 2.07. The van der Waals surface area contributed by atoms with E-state index in [9.17, 15) is 0 Å². The lowest BCUT2D eigenvalue weighted by Crippen LogP contribution is -2.12. The Balaban J connectivity index is 2.65. The summed E-state index contributed by atoms with van der Waals surface area (Å²) < 4.78 is 0. The SMILES string of the molecule is CCC(C)Nc1nc(C)c(CCN)s1. The van der Waals surface area contributed by atoms with Crippen LogP contribution in [0.3, 0.4) is 0 Å². The number of hydrogen-bond donors (Lipinski definition) is 2. The Bertz CT molecular complexity index is 283. The van der Waals surface area contributed by atoms with Crippen molar-refractivity contribution in [3.63, 3.8) is 0 Å². The maximum Gasteiger partial charge on any atom is 0.183 e. The highest BCUT2D eigenvalue weighted by Crippen LogP contribution is 2.23. The van der Waals surface area contributed by atoms with Crippen LogP contribution in [0.2, 0.25) is 0 Å². The van der Waals surface area contributed by atoms with Crippen LogP contribution < -0.4 is 11.1 Å². The second kappa shape index (κ2) is 5.32. The van der Waals surface area contributed by atoms with Crippen LogP contribution in [0.1, 0.15) is 30.8 Å². The summed E-state index contributed by atoms with van der Waals surface area (Å²) in [5.74, 6) is 0. The molecule has 0 fully saturated rings. The number of hydrogen-bond acceptors (Lipinski definition) is 4. The molecule has 1 aromatic rings. The number of nitrogens with one attached hydrogen (secondary N) is 1. The molecule has 3 nitrogen and oxygen atoms in total. The van der Waals surface area contributed by atoms with E-state index >= 15 is 0 Å². The van der Waals surface area contributed by atoms with Crippen molar-refractivity contribution in [1.29, 1.82) is 0 Å². The van der Waals surface area contributed by atoms with Gasteiger partial charge in [0.05, 0.1) is 5.69 Å². The third-order valence-electron chi connectivity index (χ3n) is 2.25. The van der Waals surface area contributed by atoms with Crippen LogP contribution in [0.4, 0.5) is 5.13 Å². The molecule has 0 spiro atoms. The number of aromatic nitrogens is 1. The lowest BCUT2D eigenvalue weighted by Gasteiger charge is -2.08. The van der Waals surface area contributed by atoms with Gasteiger partial charge in [-0.2, -0.15) is 0 Å². The molecule has 80 valence electrons. The summed E-state index contributed by atoms with van der Waals surface area (Å²) in [5.41, 5.74) is 6.64. The molecule has 0 saturated heterocycles. The maximum absolute atomic E-state index is 5.52. The predicted octanol–water partition coefficient (Wildman–Crippen LogP) is 2.16. The lowest BCUT2D eigenvalue weighted by atomic mass is 10.3. The van der Waals surface area contributed by atoms with Gasteiger partial charge in [-0.05, 0) is 33.2 Å². The Kier molecular flexibility index (Phi) is 4.35. The molecule has 0 amide bonds. The second-order valence-corrected chi connectivity index (χ2v) is 4.60. The van der Waals surface area contributed by atoms with Crippen LogP contribution in [-0.2, 0) is 6.42 Å². The Hall–Kier alpha value is -0.610. The molecule has 0 aromatic carbocycles. The normalized spacial score (nSPS) is 12.9. The molecule has 1 rings (SSSR count). The van der Waals surface area contributed by atoms with E-state index in [0.717, 1.165) is 23.7 Å². The average Bonchev–Trinajstić information content (AvgIpc) is 2.47. The van der Waals surface area contributed by atoms with Crippen LogP contribution in [-0.4, -0.2) is 17.6 Å². The van der Waals surface area contributed by atoms with Crippen molar-refractivity contribution in [2.45, 2.75) is 39.7 Å². The first-order chi connectivity index (χ1) is 6.67. The minimum Gasteiger partial charge on any atom is -0.359 e. The van der Waals surface area contributed by atoms with Gasteiger partial charge in [0, 0.05) is 10.9 Å². The fourth-order valence-corrected chi connectivity index (χ4v) is 2.25. The van der Waals surface area contributed by atoms with Crippen molar-refractivity contribution in [1.82, 2.24) is 4.98 Å². The van der Waals surface area contributed by atoms with E-state index in [2.05, 4.69) is 24.1 Å². The quantitative estimate of drug-likeness (QED) is 0.788. The zero-order valence-corrected chi connectivity index (χ0v) is 9.95. The first-order valence-electron chi connectivity index (χ1n) is 5.10. The lowest BCUT2D eigenvalue weighted by molar-refractivity contribution is 0.762. The summed E-state index contributed by atoms with van der Waals surface area (Å²) in [6.45, 7) is 7.08. The molecule has 0 aliphatic heterocycles. The summed E-state index contributed by atoms with van der Waals surface area (Å²) in [6.07, 6.45) is 2.05. The molecule has 0 bridgehead atoms. The van der Waals surface area contributed by atoms with Crippen LogP contribution in [0.15, 0.2) is 0 Å². The molecule has 1 heterocycles. The number of rotatable bonds is 5. The van der Waals surface area contributed by atoms with E-state index in [1.807, 2.05) is 6.92 Å². The van der Waals surface area contributed by atoms with Gasteiger partial charge in [-0.1, -0.05) is 6.92 Å². The molecule has 0 radical (unpaired) electrons. The second-order valence-electron chi connectivity index (χ2n) is 3.52. The van der Waals surface area contributed by atoms with E-state index < -0.39 is 0 Å². The van der Waals surface area contributed by atoms with E-state index in [4.69, 9.17) is 5.73 Å². The number of anilines is 1. The smallest absolute Gasteiger partial charge is 0.183 e. The molecule has 3 N–H and O–H groups in total. The summed E-state index contributed by atoms with van der Waals surface area (Å²) in [4.78, 5) is 5.77. The Labute approximate surface area is 89.7 Å². The van der Waals surface area contributed by atoms with Crippen LogP contribution in [0.5, 0.6) is 0 Å². The Morgan fingerprint density at radius 1 is 1.57 bits per heavy atom. The first kappa shape index (κ1) is 11.5. The Morgan fingerprint density at radius 2 is 2.29 bits per heavy atom. The van der Waals surface area contributed by atoms with Crippen molar-refractivity contribution < 1.29 is 0 Å². The van der Waals surface area contributed by atoms with Gasteiger partial charge in [-0.15, -0.1) is 11.3 Å². The van der Waals surface area contributed by atoms with Crippen LogP contribution in [0, 0.1) is 6.92 Å². The van der Waals surface area contributed by atoms with Gasteiger partial charge in [0.15, 0.2) is 5.13 Å². The van der Waals surface area contributed by atoms with Crippen LogP contribution in [0.25, 0.3) is 0 Å². The summed E-state index contributed by atoms with van der Waals surface area (Å²) >= 11 is 1.73. The molecular weight excluding hydrogens is 194 g/mol. The van der Waals surface area contributed by atoms with Gasteiger partial charge < -0.3 is 11.1 Å². The number of aryl methyl sites for hydroxylation is 1. The fraction of sp³-hybridized carbons (Fsp3) is 0.700. The molecular formula is C10H19N3S. The third kappa shape index (κ3) is 2.96. The van der Waals surface area contributed by atoms with Gasteiger partial charge in [-0.3, -0.25) is 0 Å². The third-order valence-corrected chi connectivity index (χ3v) is 3.39. The molecule has 0 saturated carbocycles. The number of nitrogens with two attached hydrogens (primary N) is 1. The summed E-state index contributed by atoms with van der Waals surface area (Å²) in [7, 11) is 0. The predicted molar refractivity (Wildman–Crippen MR) is 63.0 cm³/mol. The topological polar surface area (TPSA) is 50.9 Å².